The van der Waals surface area contributed by atoms with Crippen LogP contribution in [0.4, 0.5) is 14.9 Å². The molecule has 8 rings (SSSR count). The normalized spacial score (nSPS) is 13.7. The summed E-state index contributed by atoms with van der Waals surface area (Å²) in [6, 6.07) is 10.4. The van der Waals surface area contributed by atoms with Gasteiger partial charge in [0.25, 0.3) is 5.56 Å². The summed E-state index contributed by atoms with van der Waals surface area (Å²) in [5.41, 5.74) is 10.6. The number of esters is 1. The van der Waals surface area contributed by atoms with Gasteiger partial charge in [0.15, 0.2) is 6.10 Å². The number of rotatable bonds is 11. The molecule has 84 heavy (non-hydrogen) atoms. The van der Waals surface area contributed by atoms with E-state index < -0.39 is 23.7 Å². The largest absolute Gasteiger partial charge is 0.527 e. The van der Waals surface area contributed by atoms with Crippen LogP contribution in [0.15, 0.2) is 41.2 Å². The van der Waals surface area contributed by atoms with E-state index in [9.17, 15) is 38.3 Å². The Balaban J connectivity index is -0.00000106. The van der Waals surface area contributed by atoms with E-state index >= 15 is 0 Å². The van der Waals surface area contributed by atoms with Crippen LogP contribution < -0.4 is 43.2 Å². The van der Waals surface area contributed by atoms with E-state index in [0.717, 1.165) is 66.3 Å². The van der Waals surface area contributed by atoms with Gasteiger partial charge < -0.3 is 61.6 Å². The monoisotopic (exact) mass is 1420 g/mol. The van der Waals surface area contributed by atoms with Crippen molar-refractivity contribution in [2.45, 2.75) is 199 Å². The predicted molar refractivity (Wildman–Crippen MR) is 329 cm³/mol. The van der Waals surface area contributed by atoms with Crippen molar-refractivity contribution in [1.82, 2.24) is 36.1 Å². The second kappa shape index (κ2) is 44.3. The number of amides is 6. The van der Waals surface area contributed by atoms with Gasteiger partial charge in [-0.25, -0.2) is 19.0 Å². The van der Waals surface area contributed by atoms with Crippen LogP contribution in [0, 0.1) is 18.7 Å². The Hall–Kier alpha value is -8.26. The number of pyridine rings is 2. The molecule has 9 N–H and O–H groups in total. The minimum Gasteiger partial charge on any atom is -0.527 e. The van der Waals surface area contributed by atoms with Crippen LogP contribution in [0.3, 0.4) is 0 Å². The van der Waals surface area contributed by atoms with Crippen LogP contribution in [0.5, 0.6) is 0 Å². The van der Waals surface area contributed by atoms with Crippen molar-refractivity contribution in [3.8, 4) is 11.4 Å². The van der Waals surface area contributed by atoms with Gasteiger partial charge in [-0.05, 0) is 118 Å². The summed E-state index contributed by atoms with van der Waals surface area (Å²) in [7, 11) is 5.09. The summed E-state index contributed by atoms with van der Waals surface area (Å²) in [4.78, 5) is 92.0. The second-order valence-electron chi connectivity index (χ2n) is 19.3. The summed E-state index contributed by atoms with van der Waals surface area (Å²) >= 11 is 0. The molecule has 2 aliphatic heterocycles. The third kappa shape index (κ3) is 24.7. The number of carbonyl (C=O) groups excluding carboxylic acids is 7. The van der Waals surface area contributed by atoms with Crippen molar-refractivity contribution in [1.29, 1.82) is 0 Å². The quantitative estimate of drug-likeness (QED) is 0.0265. The van der Waals surface area contributed by atoms with Gasteiger partial charge in [-0.15, -0.1) is 0 Å². The number of nitrogens with one attached hydrogen (secondary N) is 6. The molecule has 478 valence electrons. The molecule has 0 saturated heterocycles. The molecule has 2 unspecified atom stereocenters. The van der Waals surface area contributed by atoms with Gasteiger partial charge in [0, 0.05) is 49.3 Å². The smallest absolute Gasteiger partial charge is 0.408 e. The number of likely N-dealkylation sites (N-methyl/N-ethyl adjacent to an activating group) is 1. The first-order chi connectivity index (χ1) is 39.7. The number of nitrogens with two attached hydrogens (primary N) is 1. The number of primary amides is 1. The molecule has 2 aromatic carbocycles. The third-order valence-corrected chi connectivity index (χ3v) is 12.5. The third-order valence-electron chi connectivity index (χ3n) is 12.5. The molecule has 1 saturated carbocycles. The number of ether oxygens (including phenoxy) is 2. The molecular weight excluding hydrogens is 1320 g/mol. The molecule has 0 radical (unpaired) electrons. The fraction of sp³-hybridized carbons (Fsp3) is 0.565. The van der Waals surface area contributed by atoms with Gasteiger partial charge >= 0.3 is 12.1 Å². The minimum atomic E-state index is -1.48. The Kier molecular flexibility index (Phi) is 42.2. The van der Waals surface area contributed by atoms with Crippen molar-refractivity contribution in [2.75, 3.05) is 33.0 Å². The number of aromatic nitrogens is 2. The predicted octanol–water partition coefficient (Wildman–Crippen LogP) is 9.03. The van der Waals surface area contributed by atoms with Crippen LogP contribution in [0.2, 0.25) is 0 Å². The number of anilines is 1. The van der Waals surface area contributed by atoms with Gasteiger partial charge in [-0.1, -0.05) is 114 Å². The van der Waals surface area contributed by atoms with Crippen LogP contribution in [-0.4, -0.2) is 97.0 Å². The van der Waals surface area contributed by atoms with E-state index in [-0.39, 0.29) is 54.4 Å². The summed E-state index contributed by atoms with van der Waals surface area (Å²) in [6.07, 6.45) is 9.81. The maximum absolute atomic E-state index is 14.5. The molecule has 4 aliphatic rings. The molecule has 1 fully saturated rings. The zero-order chi connectivity index (χ0) is 63.8. The molecule has 2 aromatic heterocycles. The standard InChI is InChI=1S/C22H17FN2O4.C17H23N3O4.C6H12NO.C4H11N.2C3H8.C2H5NO.2C2H6.CH3NO.Fm/c1-9-10-3-2-4-11-13-7-25-17(19(13)24-16(18(10)11)6-15(9)23)5-12-14(21(25)27)8-29-22(28)20(12)26;1-12(21)19-14-7-5-13(6-8-14)11-24-16(23)20-17(15(22)18-2)9-3-4-10-17;1-5(2)6(3)7-4-8;1-3-4-5-2;2*1-3-2;1-3-2-4;2*1-2;2-1-3;/h5-6,20,26H,2-4,7-8H2,1H3;5-8H,3-4,9-11H2,1-2H3,(H,18,22)(H,19,21)(H,20,23);5-6H,1-3H3,(H,7,8);5H,3-4H2,1-2H3;2*3H2,1-2H3;2H,1H3,(H,3,4);2*1-2H3;1H,(H2,2,3);/q;;-1;;;;;;;;. The maximum atomic E-state index is 14.5. The first-order valence-electron chi connectivity index (χ1n) is 29.0. The number of hydrogen-bond donors (Lipinski definition) is 8. The van der Waals surface area contributed by atoms with Gasteiger partial charge in [0.1, 0.15) is 24.6 Å². The summed E-state index contributed by atoms with van der Waals surface area (Å²) in [5, 5.41) is 27.0. The fourth-order valence-corrected chi connectivity index (χ4v) is 8.47. The molecule has 0 bridgehead atoms. The second-order valence-corrected chi connectivity index (χ2v) is 19.3. The van der Waals surface area contributed by atoms with Crippen molar-refractivity contribution in [2.24, 2.45) is 11.7 Å². The van der Waals surface area contributed by atoms with Crippen LogP contribution in [0.1, 0.15) is 186 Å². The molecule has 2 atom stereocenters. The van der Waals surface area contributed by atoms with E-state index in [1.54, 1.807) is 62.3 Å². The molecule has 6 amide bonds. The molecule has 4 aromatic rings. The molecule has 0 spiro atoms. The van der Waals surface area contributed by atoms with Crippen LogP contribution in [-0.2, 0) is 70.8 Å². The molecule has 2 aliphatic carbocycles. The van der Waals surface area contributed by atoms with Crippen molar-refractivity contribution < 1.29 is 52.5 Å². The zero-order valence-electron chi connectivity index (χ0n) is 52.9. The minimum absolute atomic E-state index is 0. The van der Waals surface area contributed by atoms with Gasteiger partial charge in [0.2, 0.25) is 24.6 Å². The van der Waals surface area contributed by atoms with E-state index in [0.29, 0.717) is 65.4 Å². The summed E-state index contributed by atoms with van der Waals surface area (Å²) < 4.78 is 26.3. The van der Waals surface area contributed by atoms with E-state index in [2.05, 4.69) is 86.1 Å². The van der Waals surface area contributed by atoms with E-state index in [4.69, 9.17) is 24.0 Å². The summed E-state index contributed by atoms with van der Waals surface area (Å²) in [5.74, 6) is -0.863. The fourth-order valence-electron chi connectivity index (χ4n) is 8.47. The Bertz CT molecular complexity index is 2660. The Morgan fingerprint density at radius 2 is 1.46 bits per heavy atom. The number of aryl methyl sites for hydroxylation is 2. The van der Waals surface area contributed by atoms with Crippen molar-refractivity contribution in [3.05, 3.63) is 91.5 Å². The van der Waals surface area contributed by atoms with Crippen molar-refractivity contribution >= 4 is 59.7 Å². The number of halogens is 1. The molecular formula is C62H99FFmN9O11-. The number of alkyl carbamates (subject to hydrolysis) is 1. The average Bonchev–Trinajstić information content (AvgIpc) is 2.01. The number of cyclic esters (lactones) is 1. The van der Waals surface area contributed by atoms with E-state index in [1.807, 2.05) is 41.7 Å². The summed E-state index contributed by atoms with van der Waals surface area (Å²) in [6.45, 7) is 29.4. The molecule has 4 heterocycles. The SMILES string of the molecule is CC.CC.CC(C)C(C)N[C-]=O.CCC.CCC.CCCNC.CNC(=O)C1(NC(=O)OCc2ccc(NC(C)=O)cc2)CCCC1.CNC=O.Cc1c(F)cc2nc3c(c4c2c1CCC4)Cn1c-3cc2c(c1=O)COC(=O)C2O.NC=O.[Fm]. The number of hydrogen-bond acceptors (Lipinski definition) is 13. The Morgan fingerprint density at radius 3 is 1.92 bits per heavy atom. The molecule has 22 heteroatoms. The number of nitrogens with zero attached hydrogens (tertiary/aromatic N) is 2. The van der Waals surface area contributed by atoms with Crippen LogP contribution in [0.25, 0.3) is 22.3 Å². The topological polar surface area (TPSA) is 291 Å². The van der Waals surface area contributed by atoms with Gasteiger partial charge in [-0.2, -0.15) is 6.41 Å². The zero-order valence-corrected chi connectivity index (χ0v) is 55.3. The first-order valence-corrected chi connectivity index (χ1v) is 29.0. The number of benzene rings is 2. The molecule has 20 nitrogen and oxygen atoms in total. The Labute approximate surface area is 492 Å². The number of carbonyl (C=O) groups is 6. The van der Waals surface area contributed by atoms with Crippen molar-refractivity contribution in [3.63, 3.8) is 0 Å². The number of fused-ring (bicyclic) bond motifs is 5. The van der Waals surface area contributed by atoms with Gasteiger partial charge in [-0.3, -0.25) is 24.0 Å². The van der Waals surface area contributed by atoms with E-state index in [1.165, 1.54) is 32.3 Å². The Morgan fingerprint density at radius 1 is 0.917 bits per heavy atom. The number of aliphatic hydroxyl groups excluding tert-OH is 1. The average molecular weight is 1420 g/mol. The van der Waals surface area contributed by atoms with Gasteiger partial charge in [0.05, 0.1) is 29.0 Å². The first kappa shape index (κ1) is 80.0. The maximum Gasteiger partial charge on any atom is 0.408 e. The van der Waals surface area contributed by atoms with Crippen LogP contribution >= 0.6 is 0 Å². The number of aliphatic hydroxyl groups is 1.